The Hall–Kier alpha value is -0.440. The molecule has 1 aromatic carbocycles. The van der Waals surface area contributed by atoms with E-state index in [0.717, 1.165) is 24.2 Å². The summed E-state index contributed by atoms with van der Waals surface area (Å²) in [6.45, 7) is 0.678. The summed E-state index contributed by atoms with van der Waals surface area (Å²) in [5, 5.41) is 1.18. The average molecular weight is 232 g/mol. The van der Waals surface area contributed by atoms with Gasteiger partial charge in [0.05, 0.1) is 11.6 Å². The summed E-state index contributed by atoms with van der Waals surface area (Å²) in [6.07, 6.45) is 1.85. The second-order valence-electron chi connectivity index (χ2n) is 3.40. The van der Waals surface area contributed by atoms with Crippen LogP contribution in [0.1, 0.15) is 24.4 Å². The quantitative estimate of drug-likeness (QED) is 0.745. The highest BCUT2D eigenvalue weighted by Gasteiger charge is 2.20. The van der Waals surface area contributed by atoms with Gasteiger partial charge in [0.25, 0.3) is 0 Å². The van der Waals surface area contributed by atoms with E-state index in [1.807, 2.05) is 0 Å². The first-order valence-corrected chi connectivity index (χ1v) is 5.31. The summed E-state index contributed by atoms with van der Waals surface area (Å²) in [7, 11) is 0. The van der Waals surface area contributed by atoms with E-state index in [2.05, 4.69) is 0 Å². The van der Waals surface area contributed by atoms with Gasteiger partial charge in [0.15, 0.2) is 0 Å². The van der Waals surface area contributed by atoms with E-state index in [4.69, 9.17) is 33.7 Å². The van der Waals surface area contributed by atoms with Crippen molar-refractivity contribution in [1.29, 1.82) is 0 Å². The molecule has 1 aliphatic heterocycles. The second kappa shape index (κ2) is 3.97. The number of nitrogens with two attached hydrogens (primary N) is 1. The third-order valence-electron chi connectivity index (χ3n) is 2.34. The van der Waals surface area contributed by atoms with Gasteiger partial charge in [-0.1, -0.05) is 23.2 Å². The SMILES string of the molecule is N[C@H]1CCCOc2cc(Cl)cc(Cl)c21. The van der Waals surface area contributed by atoms with Crippen LogP contribution < -0.4 is 10.5 Å². The lowest BCUT2D eigenvalue weighted by molar-refractivity contribution is 0.316. The van der Waals surface area contributed by atoms with Crippen LogP contribution in [-0.2, 0) is 0 Å². The highest BCUT2D eigenvalue weighted by Crippen LogP contribution is 2.37. The fraction of sp³-hybridized carbons (Fsp3) is 0.400. The Morgan fingerprint density at radius 3 is 2.93 bits per heavy atom. The zero-order chi connectivity index (χ0) is 10.1. The monoisotopic (exact) mass is 231 g/mol. The van der Waals surface area contributed by atoms with E-state index >= 15 is 0 Å². The van der Waals surface area contributed by atoms with Crippen molar-refractivity contribution < 1.29 is 4.74 Å². The molecule has 0 fully saturated rings. The number of benzene rings is 1. The maximum Gasteiger partial charge on any atom is 0.127 e. The van der Waals surface area contributed by atoms with Crippen LogP contribution in [-0.4, -0.2) is 6.61 Å². The van der Waals surface area contributed by atoms with Crippen molar-refractivity contribution in [3.63, 3.8) is 0 Å². The van der Waals surface area contributed by atoms with Gasteiger partial charge in [0.1, 0.15) is 5.75 Å². The molecular weight excluding hydrogens is 221 g/mol. The van der Waals surface area contributed by atoms with Gasteiger partial charge < -0.3 is 10.5 Å². The summed E-state index contributed by atoms with van der Waals surface area (Å²) in [5.41, 5.74) is 6.87. The number of fused-ring (bicyclic) bond motifs is 1. The molecule has 2 N–H and O–H groups in total. The number of ether oxygens (including phenoxy) is 1. The van der Waals surface area contributed by atoms with Crippen molar-refractivity contribution in [3.05, 3.63) is 27.7 Å². The highest BCUT2D eigenvalue weighted by molar-refractivity contribution is 6.35. The Balaban J connectivity index is 2.53. The minimum atomic E-state index is -0.0442. The highest BCUT2D eigenvalue weighted by atomic mass is 35.5. The zero-order valence-electron chi connectivity index (χ0n) is 7.59. The fourth-order valence-corrected chi connectivity index (χ4v) is 2.29. The Morgan fingerprint density at radius 2 is 2.14 bits per heavy atom. The average Bonchev–Trinajstić information content (AvgIpc) is 2.27. The van der Waals surface area contributed by atoms with Gasteiger partial charge in [-0.2, -0.15) is 0 Å². The molecule has 0 radical (unpaired) electrons. The molecule has 14 heavy (non-hydrogen) atoms. The molecule has 0 aromatic heterocycles. The molecule has 0 saturated carbocycles. The smallest absolute Gasteiger partial charge is 0.127 e. The van der Waals surface area contributed by atoms with Gasteiger partial charge in [0.2, 0.25) is 0 Å². The van der Waals surface area contributed by atoms with Crippen LogP contribution in [0.25, 0.3) is 0 Å². The molecule has 76 valence electrons. The second-order valence-corrected chi connectivity index (χ2v) is 4.24. The van der Waals surface area contributed by atoms with Gasteiger partial charge in [-0.25, -0.2) is 0 Å². The van der Waals surface area contributed by atoms with E-state index in [-0.39, 0.29) is 6.04 Å². The van der Waals surface area contributed by atoms with Gasteiger partial charge >= 0.3 is 0 Å². The fourth-order valence-electron chi connectivity index (χ4n) is 1.67. The molecular formula is C10H11Cl2NO. The van der Waals surface area contributed by atoms with Gasteiger partial charge in [0, 0.05) is 16.6 Å². The van der Waals surface area contributed by atoms with E-state index in [1.165, 1.54) is 0 Å². The molecule has 1 aliphatic rings. The van der Waals surface area contributed by atoms with Crippen molar-refractivity contribution in [2.45, 2.75) is 18.9 Å². The van der Waals surface area contributed by atoms with Crippen LogP contribution in [0.5, 0.6) is 5.75 Å². The Kier molecular flexibility index (Phi) is 2.86. The molecule has 0 aliphatic carbocycles. The largest absolute Gasteiger partial charge is 0.493 e. The third-order valence-corrected chi connectivity index (χ3v) is 2.88. The lowest BCUT2D eigenvalue weighted by Gasteiger charge is -2.13. The molecule has 1 atom stereocenters. The summed E-state index contributed by atoms with van der Waals surface area (Å²) < 4.78 is 5.53. The maximum absolute atomic E-state index is 6.07. The molecule has 0 amide bonds. The van der Waals surface area contributed by atoms with Crippen LogP contribution >= 0.6 is 23.2 Å². The van der Waals surface area contributed by atoms with Crippen LogP contribution in [0.2, 0.25) is 10.0 Å². The number of rotatable bonds is 0. The van der Waals surface area contributed by atoms with Crippen LogP contribution in [0.3, 0.4) is 0 Å². The predicted octanol–water partition coefficient (Wildman–Crippen LogP) is 3.17. The van der Waals surface area contributed by atoms with Crippen molar-refractivity contribution in [2.75, 3.05) is 6.61 Å². The predicted molar refractivity (Wildman–Crippen MR) is 58.1 cm³/mol. The van der Waals surface area contributed by atoms with Crippen LogP contribution in [0.15, 0.2) is 12.1 Å². The number of hydrogen-bond donors (Lipinski definition) is 1. The third kappa shape index (κ3) is 1.83. The molecule has 0 saturated heterocycles. The minimum absolute atomic E-state index is 0.0442. The Bertz CT molecular complexity index is 354. The van der Waals surface area contributed by atoms with Crippen molar-refractivity contribution in [3.8, 4) is 5.75 Å². The summed E-state index contributed by atoms with van der Waals surface area (Å²) in [6, 6.07) is 3.43. The molecule has 0 spiro atoms. The van der Waals surface area contributed by atoms with Crippen molar-refractivity contribution >= 4 is 23.2 Å². The lowest BCUT2D eigenvalue weighted by Crippen LogP contribution is -2.09. The Labute approximate surface area is 92.9 Å². The van der Waals surface area contributed by atoms with Gasteiger partial charge in [-0.15, -0.1) is 0 Å². The molecule has 2 rings (SSSR count). The van der Waals surface area contributed by atoms with Crippen molar-refractivity contribution in [2.24, 2.45) is 5.73 Å². The summed E-state index contributed by atoms with van der Waals surface area (Å²) in [5.74, 6) is 0.729. The van der Waals surface area contributed by atoms with Crippen molar-refractivity contribution in [1.82, 2.24) is 0 Å². The molecule has 1 aromatic rings. The minimum Gasteiger partial charge on any atom is -0.493 e. The molecule has 4 heteroatoms. The molecule has 2 nitrogen and oxygen atoms in total. The number of halogens is 2. The summed E-state index contributed by atoms with van der Waals surface area (Å²) in [4.78, 5) is 0. The standard InChI is InChI=1S/C10H11Cl2NO/c11-6-4-7(12)10-8(13)2-1-3-14-9(10)5-6/h4-5,8H,1-3,13H2/t8-/m0/s1. The summed E-state index contributed by atoms with van der Waals surface area (Å²) >= 11 is 11.9. The Morgan fingerprint density at radius 1 is 1.36 bits per heavy atom. The van der Waals surface area contributed by atoms with E-state index in [9.17, 15) is 0 Å². The first kappa shape index (κ1) is 10.1. The maximum atomic E-state index is 6.07. The number of hydrogen-bond acceptors (Lipinski definition) is 2. The van der Waals surface area contributed by atoms with E-state index in [1.54, 1.807) is 12.1 Å². The first-order valence-electron chi connectivity index (χ1n) is 4.56. The van der Waals surface area contributed by atoms with E-state index < -0.39 is 0 Å². The van der Waals surface area contributed by atoms with Gasteiger partial charge in [-0.05, 0) is 25.0 Å². The van der Waals surface area contributed by atoms with Crippen LogP contribution in [0, 0.1) is 0 Å². The van der Waals surface area contributed by atoms with Gasteiger partial charge in [-0.3, -0.25) is 0 Å². The normalized spacial score (nSPS) is 20.9. The zero-order valence-corrected chi connectivity index (χ0v) is 9.11. The van der Waals surface area contributed by atoms with Crippen LogP contribution in [0.4, 0.5) is 0 Å². The molecule has 0 bridgehead atoms. The van der Waals surface area contributed by atoms with E-state index in [0.29, 0.717) is 16.7 Å². The topological polar surface area (TPSA) is 35.2 Å². The molecule has 0 unspecified atom stereocenters. The first-order chi connectivity index (χ1) is 6.68. The lowest BCUT2D eigenvalue weighted by atomic mass is 10.0. The molecule has 1 heterocycles.